The van der Waals surface area contributed by atoms with Gasteiger partial charge in [-0.05, 0) is 58.9 Å². The van der Waals surface area contributed by atoms with Gasteiger partial charge in [-0.15, -0.1) is 0 Å². The SMILES string of the molecule is CC1CCC(N(C)C(C)CC(C)(N)C#N)CC1. The lowest BCUT2D eigenvalue weighted by molar-refractivity contribution is 0.118. The summed E-state index contributed by atoms with van der Waals surface area (Å²) in [5.74, 6) is 0.883. The third kappa shape index (κ3) is 4.29. The second-order valence-corrected chi connectivity index (χ2v) is 6.16. The van der Waals surface area contributed by atoms with Gasteiger partial charge in [0.1, 0.15) is 5.54 Å². The third-order valence-corrected chi connectivity index (χ3v) is 4.23. The normalized spacial score (nSPS) is 30.6. The van der Waals surface area contributed by atoms with Crippen LogP contribution in [0.15, 0.2) is 0 Å². The summed E-state index contributed by atoms with van der Waals surface area (Å²) in [6.07, 6.45) is 5.98. The molecule has 2 atom stereocenters. The van der Waals surface area contributed by atoms with Crippen LogP contribution in [-0.2, 0) is 0 Å². The van der Waals surface area contributed by atoms with Crippen LogP contribution >= 0.6 is 0 Å². The van der Waals surface area contributed by atoms with Gasteiger partial charge in [0, 0.05) is 12.1 Å². The van der Waals surface area contributed by atoms with Crippen LogP contribution < -0.4 is 5.73 Å². The highest BCUT2D eigenvalue weighted by molar-refractivity contribution is 5.03. The Kier molecular flexibility index (Phi) is 4.97. The van der Waals surface area contributed by atoms with Crippen LogP contribution in [0, 0.1) is 17.2 Å². The molecule has 1 aliphatic rings. The summed E-state index contributed by atoms with van der Waals surface area (Å²) >= 11 is 0. The van der Waals surface area contributed by atoms with Crippen molar-refractivity contribution in [3.63, 3.8) is 0 Å². The molecule has 98 valence electrons. The van der Waals surface area contributed by atoms with Crippen LogP contribution in [0.2, 0.25) is 0 Å². The van der Waals surface area contributed by atoms with Gasteiger partial charge in [-0.3, -0.25) is 0 Å². The Hall–Kier alpha value is -0.590. The van der Waals surface area contributed by atoms with E-state index in [1.165, 1.54) is 25.7 Å². The lowest BCUT2D eigenvalue weighted by atomic mass is 9.85. The zero-order chi connectivity index (χ0) is 13.1. The molecule has 0 radical (unpaired) electrons. The van der Waals surface area contributed by atoms with E-state index in [2.05, 4.69) is 31.9 Å². The minimum absolute atomic E-state index is 0.378. The van der Waals surface area contributed by atoms with Gasteiger partial charge < -0.3 is 10.6 Å². The van der Waals surface area contributed by atoms with Gasteiger partial charge in [-0.1, -0.05) is 6.92 Å². The molecule has 2 unspecified atom stereocenters. The molecule has 0 saturated heterocycles. The first-order valence-electron chi connectivity index (χ1n) is 6.78. The Morgan fingerprint density at radius 1 is 1.41 bits per heavy atom. The molecule has 0 aliphatic heterocycles. The van der Waals surface area contributed by atoms with E-state index >= 15 is 0 Å². The topological polar surface area (TPSA) is 53.0 Å². The molecule has 0 amide bonds. The average molecular weight is 237 g/mol. The van der Waals surface area contributed by atoms with Crippen LogP contribution in [-0.4, -0.2) is 29.6 Å². The summed E-state index contributed by atoms with van der Waals surface area (Å²) < 4.78 is 0. The number of hydrogen-bond acceptors (Lipinski definition) is 3. The molecule has 1 fully saturated rings. The first-order chi connectivity index (χ1) is 7.85. The van der Waals surface area contributed by atoms with Crippen molar-refractivity contribution in [2.24, 2.45) is 11.7 Å². The van der Waals surface area contributed by atoms with Gasteiger partial charge in [-0.25, -0.2) is 0 Å². The van der Waals surface area contributed by atoms with Crippen molar-refractivity contribution in [2.45, 2.75) is 70.5 Å². The van der Waals surface area contributed by atoms with E-state index < -0.39 is 5.54 Å². The van der Waals surface area contributed by atoms with Gasteiger partial charge in [0.15, 0.2) is 0 Å². The molecule has 0 spiro atoms. The monoisotopic (exact) mass is 237 g/mol. The maximum absolute atomic E-state index is 8.98. The summed E-state index contributed by atoms with van der Waals surface area (Å²) in [4.78, 5) is 2.42. The molecular formula is C14H27N3. The molecule has 0 aromatic heterocycles. The highest BCUT2D eigenvalue weighted by Crippen LogP contribution is 2.28. The molecule has 1 rings (SSSR count). The quantitative estimate of drug-likeness (QED) is 0.817. The van der Waals surface area contributed by atoms with E-state index in [1.807, 2.05) is 6.92 Å². The van der Waals surface area contributed by atoms with Crippen LogP contribution in [0.25, 0.3) is 0 Å². The molecule has 3 heteroatoms. The molecular weight excluding hydrogens is 210 g/mol. The third-order valence-electron chi connectivity index (χ3n) is 4.23. The van der Waals surface area contributed by atoms with E-state index in [0.29, 0.717) is 12.1 Å². The number of nitrogens with two attached hydrogens (primary N) is 1. The predicted octanol–water partition coefficient (Wildman–Crippen LogP) is 2.52. The summed E-state index contributed by atoms with van der Waals surface area (Å²) in [6.45, 7) is 6.34. The molecule has 1 aliphatic carbocycles. The maximum atomic E-state index is 8.98. The second kappa shape index (κ2) is 5.84. The highest BCUT2D eigenvalue weighted by Gasteiger charge is 2.28. The maximum Gasteiger partial charge on any atom is 0.102 e. The molecule has 0 heterocycles. The summed E-state index contributed by atoms with van der Waals surface area (Å²) in [6, 6.07) is 3.24. The number of rotatable bonds is 4. The predicted molar refractivity (Wildman–Crippen MR) is 71.5 cm³/mol. The van der Waals surface area contributed by atoms with Crippen molar-refractivity contribution in [3.8, 4) is 6.07 Å². The van der Waals surface area contributed by atoms with Gasteiger partial charge in [-0.2, -0.15) is 5.26 Å². The van der Waals surface area contributed by atoms with E-state index in [-0.39, 0.29) is 0 Å². The molecule has 2 N–H and O–H groups in total. The van der Waals surface area contributed by atoms with Crippen molar-refractivity contribution >= 4 is 0 Å². The molecule has 0 aromatic rings. The highest BCUT2D eigenvalue weighted by atomic mass is 15.2. The lowest BCUT2D eigenvalue weighted by Crippen LogP contribution is -2.46. The van der Waals surface area contributed by atoms with Crippen LogP contribution in [0.4, 0.5) is 0 Å². The fourth-order valence-corrected chi connectivity index (χ4v) is 2.81. The average Bonchev–Trinajstić information content (AvgIpc) is 2.28. The van der Waals surface area contributed by atoms with E-state index in [4.69, 9.17) is 11.0 Å². The summed E-state index contributed by atoms with van der Waals surface area (Å²) in [5, 5.41) is 8.98. The fourth-order valence-electron chi connectivity index (χ4n) is 2.81. The smallest absolute Gasteiger partial charge is 0.102 e. The molecule has 0 aromatic carbocycles. The molecule has 17 heavy (non-hydrogen) atoms. The Morgan fingerprint density at radius 2 is 1.94 bits per heavy atom. The van der Waals surface area contributed by atoms with Crippen molar-refractivity contribution in [1.82, 2.24) is 4.90 Å². The van der Waals surface area contributed by atoms with Crippen molar-refractivity contribution in [2.75, 3.05) is 7.05 Å². The minimum Gasteiger partial charge on any atom is -0.314 e. The van der Waals surface area contributed by atoms with E-state index in [9.17, 15) is 0 Å². The fraction of sp³-hybridized carbons (Fsp3) is 0.929. The molecule has 3 nitrogen and oxygen atoms in total. The minimum atomic E-state index is -0.699. The Bertz CT molecular complexity index is 272. The van der Waals surface area contributed by atoms with Gasteiger partial charge in [0.2, 0.25) is 0 Å². The van der Waals surface area contributed by atoms with Gasteiger partial charge in [0.25, 0.3) is 0 Å². The Morgan fingerprint density at radius 3 is 2.41 bits per heavy atom. The molecule has 0 bridgehead atoms. The van der Waals surface area contributed by atoms with Crippen LogP contribution in [0.5, 0.6) is 0 Å². The van der Waals surface area contributed by atoms with E-state index in [1.54, 1.807) is 0 Å². The van der Waals surface area contributed by atoms with E-state index in [0.717, 1.165) is 12.3 Å². The van der Waals surface area contributed by atoms with Crippen LogP contribution in [0.1, 0.15) is 52.9 Å². The van der Waals surface area contributed by atoms with Gasteiger partial charge in [0.05, 0.1) is 6.07 Å². The van der Waals surface area contributed by atoms with Crippen molar-refractivity contribution in [1.29, 1.82) is 5.26 Å². The zero-order valence-corrected chi connectivity index (χ0v) is 11.7. The Balaban J connectivity index is 2.47. The van der Waals surface area contributed by atoms with Crippen molar-refractivity contribution < 1.29 is 0 Å². The number of nitriles is 1. The molecule has 1 saturated carbocycles. The summed E-state index contributed by atoms with van der Waals surface area (Å²) in [7, 11) is 2.18. The summed E-state index contributed by atoms with van der Waals surface area (Å²) in [5.41, 5.74) is 5.22. The largest absolute Gasteiger partial charge is 0.314 e. The van der Waals surface area contributed by atoms with Crippen LogP contribution in [0.3, 0.4) is 0 Å². The zero-order valence-electron chi connectivity index (χ0n) is 11.7. The Labute approximate surface area is 106 Å². The first-order valence-corrected chi connectivity index (χ1v) is 6.78. The van der Waals surface area contributed by atoms with Crippen molar-refractivity contribution in [3.05, 3.63) is 0 Å². The number of hydrogen-bond donors (Lipinski definition) is 1. The first kappa shape index (κ1) is 14.5. The second-order valence-electron chi connectivity index (χ2n) is 6.16. The van der Waals surface area contributed by atoms with Gasteiger partial charge >= 0.3 is 0 Å². The standard InChI is InChI=1S/C14H27N3/c1-11-5-7-13(8-6-11)17(4)12(2)9-14(3,16)10-15/h11-13H,5-9,16H2,1-4H3. The number of nitrogens with zero attached hydrogens (tertiary/aromatic N) is 2. The lowest BCUT2D eigenvalue weighted by Gasteiger charge is -2.38.